The Labute approximate surface area is 233 Å². The zero-order valence-corrected chi connectivity index (χ0v) is 22.2. The van der Waals surface area contributed by atoms with Crippen molar-refractivity contribution in [3.05, 3.63) is 130 Å². The molecule has 0 aliphatic heterocycles. The average Bonchev–Trinajstić information content (AvgIpc) is 2.96. The molecule has 0 bridgehead atoms. The molecule has 5 nitrogen and oxygen atoms in total. The second-order valence-corrected chi connectivity index (χ2v) is 9.91. The molecule has 0 aliphatic carbocycles. The molecule has 0 spiro atoms. The first kappa shape index (κ1) is 27.8. The quantitative estimate of drug-likeness (QED) is 0.192. The lowest BCUT2D eigenvalue weighted by molar-refractivity contribution is -0.141. The number of Topliss-reactive ketones (excluding diaryl/α,β-unsaturated/α-hetero) is 1. The number of ketones is 1. The van der Waals surface area contributed by atoms with Crippen molar-refractivity contribution in [1.29, 1.82) is 0 Å². The highest BCUT2D eigenvalue weighted by molar-refractivity contribution is 6.30. The van der Waals surface area contributed by atoms with Crippen molar-refractivity contribution < 1.29 is 19.5 Å². The van der Waals surface area contributed by atoms with Crippen molar-refractivity contribution in [2.45, 2.75) is 25.7 Å². The van der Waals surface area contributed by atoms with Gasteiger partial charge in [0, 0.05) is 29.1 Å². The van der Waals surface area contributed by atoms with Gasteiger partial charge in [0.05, 0.1) is 5.92 Å². The highest BCUT2D eigenvalue weighted by Crippen LogP contribution is 2.23. The first-order valence-corrected chi connectivity index (χ1v) is 13.3. The van der Waals surface area contributed by atoms with E-state index in [-0.39, 0.29) is 18.1 Å². The largest absolute Gasteiger partial charge is 0.481 e. The summed E-state index contributed by atoms with van der Waals surface area (Å²) in [6.07, 6.45) is 1.51. The molecule has 0 radical (unpaired) electrons. The van der Waals surface area contributed by atoms with Gasteiger partial charge in [-0.2, -0.15) is 0 Å². The fourth-order valence-electron chi connectivity index (χ4n) is 4.38. The second-order valence-electron chi connectivity index (χ2n) is 9.47. The number of carboxylic acid groups (broad SMARTS) is 1. The summed E-state index contributed by atoms with van der Waals surface area (Å²) in [5.74, 6) is -2.13. The summed E-state index contributed by atoms with van der Waals surface area (Å²) in [7, 11) is 0. The van der Waals surface area contributed by atoms with Crippen LogP contribution < -0.4 is 5.32 Å². The summed E-state index contributed by atoms with van der Waals surface area (Å²) in [6.45, 7) is 0.544. The molecule has 6 heteroatoms. The number of hydrogen-bond donors (Lipinski definition) is 2. The van der Waals surface area contributed by atoms with Crippen LogP contribution in [0.15, 0.2) is 103 Å². The van der Waals surface area contributed by atoms with Gasteiger partial charge in [0.15, 0.2) is 5.78 Å². The standard InChI is InChI=1S/C33H30ClNO4/c34-30-18-16-26(17-19-30)25-12-14-27(15-13-25)31(36)22-29(33(38)39)11-8-24-6-9-28(10-7-24)32(37)35-21-20-23-4-2-1-3-5-23/h1-7,9-10,12-19,29H,8,11,20-22H2,(H,35,37)(H,38,39). The SMILES string of the molecule is O=C(CC(CCc1ccc(C(=O)NCCc2ccccc2)cc1)C(=O)O)c1ccc(-c2ccc(Cl)cc2)cc1. The number of amides is 1. The van der Waals surface area contributed by atoms with E-state index in [0.717, 1.165) is 28.7 Å². The van der Waals surface area contributed by atoms with Crippen LogP contribution in [0.3, 0.4) is 0 Å². The minimum absolute atomic E-state index is 0.0719. The normalized spacial score (nSPS) is 11.5. The number of hydrogen-bond acceptors (Lipinski definition) is 3. The van der Waals surface area contributed by atoms with Crippen LogP contribution >= 0.6 is 11.6 Å². The summed E-state index contributed by atoms with van der Waals surface area (Å²) in [6, 6.07) is 31.7. The first-order chi connectivity index (χ1) is 18.9. The molecule has 0 fully saturated rings. The monoisotopic (exact) mass is 539 g/mol. The maximum atomic E-state index is 12.8. The fourth-order valence-corrected chi connectivity index (χ4v) is 4.50. The van der Waals surface area contributed by atoms with Gasteiger partial charge in [0.2, 0.25) is 0 Å². The number of halogens is 1. The molecule has 0 saturated carbocycles. The van der Waals surface area contributed by atoms with Gasteiger partial charge >= 0.3 is 5.97 Å². The summed E-state index contributed by atoms with van der Waals surface area (Å²) in [5.41, 5.74) is 5.06. The van der Waals surface area contributed by atoms with E-state index >= 15 is 0 Å². The van der Waals surface area contributed by atoms with Gasteiger partial charge in [-0.1, -0.05) is 90.5 Å². The summed E-state index contributed by atoms with van der Waals surface area (Å²) in [5, 5.41) is 13.3. The lowest BCUT2D eigenvalue weighted by atomic mass is 9.92. The number of aryl methyl sites for hydroxylation is 1. The Morgan fingerprint density at radius 1 is 0.692 bits per heavy atom. The molecule has 39 heavy (non-hydrogen) atoms. The molecule has 4 aromatic carbocycles. The Hall–Kier alpha value is -4.22. The maximum absolute atomic E-state index is 12.8. The summed E-state index contributed by atoms with van der Waals surface area (Å²) >= 11 is 5.95. The van der Waals surface area contributed by atoms with Gasteiger partial charge in [0.1, 0.15) is 0 Å². The van der Waals surface area contributed by atoms with Crippen LogP contribution in [0.4, 0.5) is 0 Å². The third-order valence-corrected chi connectivity index (χ3v) is 6.96. The molecule has 198 valence electrons. The Morgan fingerprint density at radius 2 is 1.26 bits per heavy atom. The number of carboxylic acids is 1. The van der Waals surface area contributed by atoms with Gasteiger partial charge in [-0.15, -0.1) is 0 Å². The van der Waals surface area contributed by atoms with Crippen LogP contribution in [-0.2, 0) is 17.6 Å². The number of rotatable bonds is 12. The van der Waals surface area contributed by atoms with Gasteiger partial charge in [-0.05, 0) is 65.8 Å². The first-order valence-electron chi connectivity index (χ1n) is 12.9. The third kappa shape index (κ3) is 8.13. The van der Waals surface area contributed by atoms with E-state index < -0.39 is 11.9 Å². The lowest BCUT2D eigenvalue weighted by Gasteiger charge is -2.12. The van der Waals surface area contributed by atoms with Gasteiger partial charge in [-0.25, -0.2) is 0 Å². The highest BCUT2D eigenvalue weighted by Gasteiger charge is 2.22. The van der Waals surface area contributed by atoms with Crippen LogP contribution in [0.1, 0.15) is 44.7 Å². The zero-order chi connectivity index (χ0) is 27.6. The molecule has 2 N–H and O–H groups in total. The molecule has 0 saturated heterocycles. The average molecular weight is 540 g/mol. The number of nitrogens with one attached hydrogen (secondary N) is 1. The second kappa shape index (κ2) is 13.5. The van der Waals surface area contributed by atoms with Gasteiger partial charge in [-0.3, -0.25) is 14.4 Å². The third-order valence-electron chi connectivity index (χ3n) is 6.71. The number of aliphatic carboxylic acids is 1. The van der Waals surface area contributed by atoms with E-state index in [0.29, 0.717) is 35.5 Å². The predicted octanol–water partition coefficient (Wildman–Crippen LogP) is 6.89. The van der Waals surface area contributed by atoms with Crippen molar-refractivity contribution in [2.24, 2.45) is 5.92 Å². The molecule has 1 unspecified atom stereocenters. The van der Waals surface area contributed by atoms with E-state index in [1.165, 1.54) is 0 Å². The van der Waals surface area contributed by atoms with Crippen molar-refractivity contribution >= 4 is 29.3 Å². The highest BCUT2D eigenvalue weighted by atomic mass is 35.5. The maximum Gasteiger partial charge on any atom is 0.306 e. The number of carbonyl (C=O) groups excluding carboxylic acids is 2. The number of carbonyl (C=O) groups is 3. The molecular formula is C33H30ClNO4. The predicted molar refractivity (Wildman–Crippen MR) is 154 cm³/mol. The molecule has 0 aliphatic rings. The molecule has 4 rings (SSSR count). The minimum Gasteiger partial charge on any atom is -0.481 e. The van der Waals surface area contributed by atoms with Gasteiger partial charge < -0.3 is 10.4 Å². The Balaban J connectivity index is 1.27. The summed E-state index contributed by atoms with van der Waals surface area (Å²) in [4.78, 5) is 37.2. The molecule has 0 heterocycles. The minimum atomic E-state index is -0.990. The summed E-state index contributed by atoms with van der Waals surface area (Å²) < 4.78 is 0. The van der Waals surface area contributed by atoms with Crippen LogP contribution in [0.5, 0.6) is 0 Å². The van der Waals surface area contributed by atoms with E-state index in [4.69, 9.17) is 11.6 Å². The van der Waals surface area contributed by atoms with Crippen molar-refractivity contribution in [2.75, 3.05) is 6.54 Å². The van der Waals surface area contributed by atoms with Crippen molar-refractivity contribution in [1.82, 2.24) is 5.32 Å². The molecule has 0 aromatic heterocycles. The lowest BCUT2D eigenvalue weighted by Crippen LogP contribution is -2.25. The Bertz CT molecular complexity index is 1400. The molecule has 4 aromatic rings. The molecule has 1 atom stereocenters. The zero-order valence-electron chi connectivity index (χ0n) is 21.5. The Kier molecular flexibility index (Phi) is 9.65. The van der Waals surface area contributed by atoms with Crippen LogP contribution in [0.25, 0.3) is 11.1 Å². The van der Waals surface area contributed by atoms with E-state index in [9.17, 15) is 19.5 Å². The van der Waals surface area contributed by atoms with E-state index in [1.807, 2.05) is 78.9 Å². The van der Waals surface area contributed by atoms with Crippen LogP contribution in [0.2, 0.25) is 5.02 Å². The molecule has 1 amide bonds. The van der Waals surface area contributed by atoms with E-state index in [2.05, 4.69) is 5.32 Å². The number of benzene rings is 4. The topological polar surface area (TPSA) is 83.5 Å². The fraction of sp³-hybridized carbons (Fsp3) is 0.182. The van der Waals surface area contributed by atoms with Crippen molar-refractivity contribution in [3.8, 4) is 11.1 Å². The molecular weight excluding hydrogens is 510 g/mol. The van der Waals surface area contributed by atoms with Crippen LogP contribution in [0, 0.1) is 5.92 Å². The Morgan fingerprint density at radius 3 is 1.87 bits per heavy atom. The van der Waals surface area contributed by atoms with E-state index in [1.54, 1.807) is 24.3 Å². The van der Waals surface area contributed by atoms with Gasteiger partial charge in [0.25, 0.3) is 5.91 Å². The van der Waals surface area contributed by atoms with Crippen molar-refractivity contribution in [3.63, 3.8) is 0 Å². The smallest absolute Gasteiger partial charge is 0.306 e. The van der Waals surface area contributed by atoms with Crippen LogP contribution in [-0.4, -0.2) is 29.3 Å².